The Morgan fingerprint density at radius 1 is 1.33 bits per heavy atom. The molecule has 0 heterocycles. The fraction of sp³-hybridized carbons (Fsp3) is 0.692. The van der Waals surface area contributed by atoms with Gasteiger partial charge in [-0.2, -0.15) is 11.2 Å². The molecule has 0 amide bonds. The number of carbonyl (C=O) groups is 3. The predicted molar refractivity (Wildman–Crippen MR) is 70.2 cm³/mol. The first-order valence-corrected chi connectivity index (χ1v) is 6.64. The van der Waals surface area contributed by atoms with E-state index >= 15 is 0 Å². The van der Waals surface area contributed by atoms with Crippen LogP contribution in [0.3, 0.4) is 0 Å². The first kappa shape index (κ1) is 18.9. The van der Waals surface area contributed by atoms with Crippen molar-refractivity contribution in [1.82, 2.24) is 0 Å². The van der Waals surface area contributed by atoms with Crippen molar-refractivity contribution in [2.24, 2.45) is 17.7 Å². The van der Waals surface area contributed by atoms with Gasteiger partial charge < -0.3 is 14.7 Å². The van der Waals surface area contributed by atoms with Gasteiger partial charge in [0.1, 0.15) is 0 Å². The van der Waals surface area contributed by atoms with Crippen molar-refractivity contribution >= 4 is 17.9 Å². The Morgan fingerprint density at radius 2 is 2.00 bits per heavy atom. The highest BCUT2D eigenvalue weighted by molar-refractivity contribution is 5.94. The highest BCUT2D eigenvalue weighted by atomic mass is 16.7. The lowest BCUT2D eigenvalue weighted by molar-refractivity contribution is -0.161. The van der Waals surface area contributed by atoms with Gasteiger partial charge in [-0.25, -0.2) is 0 Å². The van der Waals surface area contributed by atoms with Crippen LogP contribution in [-0.2, 0) is 24.0 Å². The summed E-state index contributed by atoms with van der Waals surface area (Å²) in [5.41, 5.74) is 0. The van der Waals surface area contributed by atoms with E-state index in [0.29, 0.717) is 6.42 Å². The summed E-state index contributed by atoms with van der Waals surface area (Å²) >= 11 is 0. The number of carbonyl (C=O) groups excluding carboxylic acids is 2. The Morgan fingerprint density at radius 3 is 2.48 bits per heavy atom. The van der Waals surface area contributed by atoms with E-state index in [1.54, 1.807) is 0 Å². The van der Waals surface area contributed by atoms with E-state index in [2.05, 4.69) is 4.84 Å². The summed E-state index contributed by atoms with van der Waals surface area (Å²) in [6, 6.07) is 1.84. The van der Waals surface area contributed by atoms with Crippen LogP contribution in [0.5, 0.6) is 0 Å². The second-order valence-corrected chi connectivity index (χ2v) is 4.48. The fourth-order valence-corrected chi connectivity index (χ4v) is 1.67. The minimum absolute atomic E-state index is 0.0248. The zero-order valence-corrected chi connectivity index (χ0v) is 11.9. The molecule has 0 saturated heterocycles. The zero-order valence-electron chi connectivity index (χ0n) is 11.9. The molecule has 0 aliphatic heterocycles. The number of esters is 1. The summed E-state index contributed by atoms with van der Waals surface area (Å²) in [4.78, 5) is 38.4. The van der Waals surface area contributed by atoms with Crippen molar-refractivity contribution < 1.29 is 29.1 Å². The minimum Gasteiger partial charge on any atom is -0.481 e. The molecule has 0 fully saturated rings. The molecule has 2 atom stereocenters. The van der Waals surface area contributed by atoms with Crippen molar-refractivity contribution in [2.45, 2.75) is 39.0 Å². The number of rotatable bonds is 10. The standard InChI is InChI=1S/C13H20N2O6/c1-2-3-7-20-13(19)10(11(16)17)8-9(5-4-6-14)12(18)21-15/h9-10H,2-5,7-8,15H2,1H3,(H,16,17)/t9-,10-/m0/s1. The van der Waals surface area contributed by atoms with Gasteiger partial charge in [0.15, 0.2) is 5.92 Å². The molecular formula is C13H20N2O6. The summed E-state index contributed by atoms with van der Waals surface area (Å²) in [7, 11) is 0. The molecule has 118 valence electrons. The topological polar surface area (TPSA) is 140 Å². The third-order valence-corrected chi connectivity index (χ3v) is 2.90. The van der Waals surface area contributed by atoms with Gasteiger partial charge in [0.25, 0.3) is 0 Å². The van der Waals surface area contributed by atoms with Gasteiger partial charge >= 0.3 is 17.9 Å². The van der Waals surface area contributed by atoms with Gasteiger partial charge in [-0.15, -0.1) is 0 Å². The van der Waals surface area contributed by atoms with Gasteiger partial charge in [-0.05, 0) is 19.3 Å². The van der Waals surface area contributed by atoms with E-state index in [-0.39, 0.29) is 25.9 Å². The molecule has 0 radical (unpaired) electrons. The summed E-state index contributed by atoms with van der Waals surface area (Å²) in [5.74, 6) is -0.778. The summed E-state index contributed by atoms with van der Waals surface area (Å²) in [6.07, 6.45) is 1.21. The van der Waals surface area contributed by atoms with Crippen LogP contribution in [-0.4, -0.2) is 29.6 Å². The Hall–Kier alpha value is -2.14. The van der Waals surface area contributed by atoms with Crippen LogP contribution in [0.2, 0.25) is 0 Å². The first-order chi connectivity index (χ1) is 9.97. The molecule has 0 aromatic heterocycles. The summed E-state index contributed by atoms with van der Waals surface area (Å²) < 4.78 is 4.86. The van der Waals surface area contributed by atoms with Crippen LogP contribution in [0.15, 0.2) is 0 Å². The number of hydrogen-bond acceptors (Lipinski definition) is 7. The number of aliphatic carboxylic acids is 1. The van der Waals surface area contributed by atoms with E-state index in [4.69, 9.17) is 21.0 Å². The van der Waals surface area contributed by atoms with E-state index in [9.17, 15) is 14.4 Å². The maximum absolute atomic E-state index is 11.7. The molecule has 0 unspecified atom stereocenters. The van der Waals surface area contributed by atoms with Gasteiger partial charge in [0, 0.05) is 6.42 Å². The zero-order chi connectivity index (χ0) is 16.3. The van der Waals surface area contributed by atoms with E-state index in [0.717, 1.165) is 6.42 Å². The molecule has 3 N–H and O–H groups in total. The lowest BCUT2D eigenvalue weighted by Crippen LogP contribution is -2.32. The monoisotopic (exact) mass is 300 g/mol. The fourth-order valence-electron chi connectivity index (χ4n) is 1.67. The number of nitriles is 1. The number of carboxylic acid groups (broad SMARTS) is 1. The van der Waals surface area contributed by atoms with E-state index < -0.39 is 29.7 Å². The average Bonchev–Trinajstić information content (AvgIpc) is 2.46. The summed E-state index contributed by atoms with van der Waals surface area (Å²) in [6.45, 7) is 2.03. The SMILES string of the molecule is CCCCOC(=O)[C@@H](C[C@H](CCC#N)C(=O)ON)C(=O)O. The molecule has 0 aromatic carbocycles. The van der Waals surface area contributed by atoms with E-state index in [1.807, 2.05) is 13.0 Å². The number of nitrogens with two attached hydrogens (primary N) is 1. The third-order valence-electron chi connectivity index (χ3n) is 2.90. The van der Waals surface area contributed by atoms with Gasteiger partial charge in [0.2, 0.25) is 0 Å². The highest BCUT2D eigenvalue weighted by Crippen LogP contribution is 2.20. The number of hydrogen-bond donors (Lipinski definition) is 2. The molecule has 0 saturated carbocycles. The molecular weight excluding hydrogens is 280 g/mol. The lowest BCUT2D eigenvalue weighted by Gasteiger charge is -2.17. The van der Waals surface area contributed by atoms with Gasteiger partial charge in [0.05, 0.1) is 18.6 Å². The minimum atomic E-state index is -1.48. The number of carboxylic acids is 1. The smallest absolute Gasteiger partial charge is 0.327 e. The molecule has 0 spiro atoms. The van der Waals surface area contributed by atoms with Crippen molar-refractivity contribution in [1.29, 1.82) is 5.26 Å². The largest absolute Gasteiger partial charge is 0.481 e. The Bertz CT molecular complexity index is 404. The third kappa shape index (κ3) is 7.27. The first-order valence-electron chi connectivity index (χ1n) is 6.64. The highest BCUT2D eigenvalue weighted by Gasteiger charge is 2.34. The molecule has 8 heteroatoms. The average molecular weight is 300 g/mol. The predicted octanol–water partition coefficient (Wildman–Crippen LogP) is 0.757. The van der Waals surface area contributed by atoms with Crippen LogP contribution in [0, 0.1) is 23.2 Å². The molecule has 0 rings (SSSR count). The molecule has 21 heavy (non-hydrogen) atoms. The molecule has 0 aliphatic carbocycles. The van der Waals surface area contributed by atoms with Crippen molar-refractivity contribution in [3.8, 4) is 6.07 Å². The quantitative estimate of drug-likeness (QED) is 0.261. The maximum Gasteiger partial charge on any atom is 0.327 e. The van der Waals surface area contributed by atoms with Crippen molar-refractivity contribution in [3.63, 3.8) is 0 Å². The van der Waals surface area contributed by atoms with Crippen LogP contribution in [0.4, 0.5) is 0 Å². The summed E-state index contributed by atoms with van der Waals surface area (Å²) in [5, 5.41) is 17.6. The molecule has 0 aliphatic rings. The normalized spacial score (nSPS) is 12.8. The van der Waals surface area contributed by atoms with Gasteiger partial charge in [-0.3, -0.25) is 14.4 Å². The molecule has 0 bridgehead atoms. The van der Waals surface area contributed by atoms with Crippen LogP contribution in [0.25, 0.3) is 0 Å². The molecule has 8 nitrogen and oxygen atoms in total. The van der Waals surface area contributed by atoms with Crippen molar-refractivity contribution in [2.75, 3.05) is 6.61 Å². The van der Waals surface area contributed by atoms with Crippen LogP contribution < -0.4 is 5.90 Å². The van der Waals surface area contributed by atoms with Crippen molar-refractivity contribution in [3.05, 3.63) is 0 Å². The lowest BCUT2D eigenvalue weighted by atomic mass is 9.91. The van der Waals surface area contributed by atoms with Crippen LogP contribution in [0.1, 0.15) is 39.0 Å². The number of ether oxygens (including phenoxy) is 1. The van der Waals surface area contributed by atoms with Gasteiger partial charge in [-0.1, -0.05) is 13.3 Å². The van der Waals surface area contributed by atoms with E-state index in [1.165, 1.54) is 0 Å². The molecule has 0 aromatic rings. The Balaban J connectivity index is 4.76. The second-order valence-electron chi connectivity index (χ2n) is 4.48. The maximum atomic E-state index is 11.7. The Labute approximate surface area is 122 Å². The Kier molecular flexibility index (Phi) is 9.54. The second kappa shape index (κ2) is 10.6. The number of nitrogens with zero attached hydrogens (tertiary/aromatic N) is 1. The number of unbranched alkanes of at least 4 members (excludes halogenated alkanes) is 1. The van der Waals surface area contributed by atoms with Crippen LogP contribution >= 0.6 is 0 Å².